The summed E-state index contributed by atoms with van der Waals surface area (Å²) in [5.74, 6) is 0.496. The Balaban J connectivity index is 1.58. The van der Waals surface area contributed by atoms with Crippen LogP contribution in [0.5, 0.6) is 0 Å². The van der Waals surface area contributed by atoms with Crippen molar-refractivity contribution in [2.45, 2.75) is 36.7 Å². The molecule has 0 aliphatic heterocycles. The molecule has 0 radical (unpaired) electrons. The number of fused-ring (bicyclic) bond motifs is 1. The highest BCUT2D eigenvalue weighted by molar-refractivity contribution is 7.98. The first kappa shape index (κ1) is 18.6. The van der Waals surface area contributed by atoms with Crippen LogP contribution in [0.15, 0.2) is 64.5 Å². The molecule has 7 heteroatoms. The summed E-state index contributed by atoms with van der Waals surface area (Å²) >= 11 is 1.49. The van der Waals surface area contributed by atoms with Gasteiger partial charge in [-0.3, -0.25) is 9.36 Å². The Labute approximate surface area is 177 Å². The Morgan fingerprint density at radius 3 is 2.60 bits per heavy atom. The molecular weight excluding hydrogens is 394 g/mol. The molecule has 0 unspecified atom stereocenters. The zero-order valence-corrected chi connectivity index (χ0v) is 17.3. The number of aryl methyl sites for hydroxylation is 1. The van der Waals surface area contributed by atoms with E-state index in [0.29, 0.717) is 33.1 Å². The third-order valence-corrected chi connectivity index (χ3v) is 6.26. The molecule has 1 saturated carbocycles. The second-order valence-corrected chi connectivity index (χ2v) is 8.32. The van der Waals surface area contributed by atoms with Crippen molar-refractivity contribution in [2.24, 2.45) is 0 Å². The van der Waals surface area contributed by atoms with Crippen LogP contribution in [0.2, 0.25) is 0 Å². The fraction of sp³-hybridized carbons (Fsp3) is 0.217. The molecule has 0 atom stereocenters. The van der Waals surface area contributed by atoms with Crippen LogP contribution >= 0.6 is 11.8 Å². The Bertz CT molecular complexity index is 1350. The van der Waals surface area contributed by atoms with E-state index in [2.05, 4.69) is 11.2 Å². The lowest BCUT2D eigenvalue weighted by Gasteiger charge is -2.13. The summed E-state index contributed by atoms with van der Waals surface area (Å²) in [5.41, 5.74) is 3.71. The van der Waals surface area contributed by atoms with Crippen molar-refractivity contribution in [3.05, 3.63) is 81.9 Å². The third kappa shape index (κ3) is 3.19. The predicted octanol–water partition coefficient (Wildman–Crippen LogP) is 4.39. The number of hydrogen-bond acceptors (Lipinski definition) is 5. The molecule has 148 valence electrons. The lowest BCUT2D eigenvalue weighted by Crippen LogP contribution is -2.22. The first-order valence-corrected chi connectivity index (χ1v) is 10.8. The molecule has 5 rings (SSSR count). The van der Waals surface area contributed by atoms with Gasteiger partial charge in [-0.25, -0.2) is 9.67 Å². The number of nitriles is 1. The Hall–Kier alpha value is -3.37. The standard InChI is InChI=1S/C23H19N5OS/c1-15-19(13-24)21(28(26-15)17-7-3-2-4-8-17)14-30-23-25-20-10-6-5-9-18(20)22(29)27(23)16-11-12-16/h2-10,16H,11-12,14H2,1H3. The van der Waals surface area contributed by atoms with E-state index in [-0.39, 0.29) is 11.6 Å². The Kier molecular flexibility index (Phi) is 4.64. The van der Waals surface area contributed by atoms with Gasteiger partial charge in [0.1, 0.15) is 6.07 Å². The molecule has 1 aliphatic carbocycles. The molecule has 2 aromatic carbocycles. The lowest BCUT2D eigenvalue weighted by molar-refractivity contribution is 0.617. The number of thioether (sulfide) groups is 1. The quantitative estimate of drug-likeness (QED) is 0.358. The van der Waals surface area contributed by atoms with Crippen molar-refractivity contribution in [1.29, 1.82) is 5.26 Å². The van der Waals surface area contributed by atoms with E-state index < -0.39 is 0 Å². The molecule has 6 nitrogen and oxygen atoms in total. The Morgan fingerprint density at radius 2 is 1.87 bits per heavy atom. The molecule has 0 amide bonds. The molecule has 30 heavy (non-hydrogen) atoms. The first-order chi connectivity index (χ1) is 14.7. The predicted molar refractivity (Wildman–Crippen MR) is 117 cm³/mol. The van der Waals surface area contributed by atoms with Gasteiger partial charge in [0, 0.05) is 11.8 Å². The average Bonchev–Trinajstić information content (AvgIpc) is 3.55. The van der Waals surface area contributed by atoms with Gasteiger partial charge in [-0.15, -0.1) is 0 Å². The molecule has 2 aromatic heterocycles. The lowest BCUT2D eigenvalue weighted by atomic mass is 10.2. The summed E-state index contributed by atoms with van der Waals surface area (Å²) in [6.07, 6.45) is 2.00. The van der Waals surface area contributed by atoms with Gasteiger partial charge in [-0.05, 0) is 44.0 Å². The molecule has 1 fully saturated rings. The van der Waals surface area contributed by atoms with Crippen molar-refractivity contribution >= 4 is 22.7 Å². The van der Waals surface area contributed by atoms with Crippen LogP contribution in [0, 0.1) is 18.3 Å². The maximum Gasteiger partial charge on any atom is 0.262 e. The maximum atomic E-state index is 13.1. The number of para-hydroxylation sites is 2. The highest BCUT2D eigenvalue weighted by atomic mass is 32.2. The molecule has 4 aromatic rings. The van der Waals surface area contributed by atoms with Gasteiger partial charge in [0.05, 0.1) is 33.5 Å². The van der Waals surface area contributed by atoms with Crippen LogP contribution in [0.25, 0.3) is 16.6 Å². The number of nitrogens with zero attached hydrogens (tertiary/aromatic N) is 5. The van der Waals surface area contributed by atoms with Crippen LogP contribution in [0.1, 0.15) is 35.8 Å². The van der Waals surface area contributed by atoms with Gasteiger partial charge in [0.15, 0.2) is 5.16 Å². The van der Waals surface area contributed by atoms with E-state index >= 15 is 0 Å². The van der Waals surface area contributed by atoms with Gasteiger partial charge in [-0.1, -0.05) is 42.1 Å². The number of aromatic nitrogens is 4. The highest BCUT2D eigenvalue weighted by Crippen LogP contribution is 2.37. The van der Waals surface area contributed by atoms with Gasteiger partial charge in [0.25, 0.3) is 5.56 Å². The van der Waals surface area contributed by atoms with E-state index in [0.717, 1.165) is 24.2 Å². The van der Waals surface area contributed by atoms with Crippen LogP contribution in [0.4, 0.5) is 0 Å². The van der Waals surface area contributed by atoms with Crippen molar-refractivity contribution in [3.8, 4) is 11.8 Å². The third-order valence-electron chi connectivity index (χ3n) is 5.29. The summed E-state index contributed by atoms with van der Waals surface area (Å²) in [7, 11) is 0. The number of benzene rings is 2. The molecule has 0 spiro atoms. The monoisotopic (exact) mass is 413 g/mol. The zero-order chi connectivity index (χ0) is 20.7. The van der Waals surface area contributed by atoms with E-state index in [1.165, 1.54) is 11.8 Å². The fourth-order valence-corrected chi connectivity index (χ4v) is 4.72. The van der Waals surface area contributed by atoms with Crippen molar-refractivity contribution in [1.82, 2.24) is 19.3 Å². The number of hydrogen-bond donors (Lipinski definition) is 0. The van der Waals surface area contributed by atoms with Crippen LogP contribution in [-0.4, -0.2) is 19.3 Å². The topological polar surface area (TPSA) is 76.5 Å². The molecule has 0 bridgehead atoms. The molecule has 1 aliphatic rings. The summed E-state index contributed by atoms with van der Waals surface area (Å²) < 4.78 is 3.65. The maximum absolute atomic E-state index is 13.1. The molecule has 0 N–H and O–H groups in total. The van der Waals surface area contributed by atoms with Crippen LogP contribution in [-0.2, 0) is 5.75 Å². The van der Waals surface area contributed by atoms with E-state index in [9.17, 15) is 10.1 Å². The second kappa shape index (κ2) is 7.47. The van der Waals surface area contributed by atoms with Crippen molar-refractivity contribution in [3.63, 3.8) is 0 Å². The van der Waals surface area contributed by atoms with Crippen LogP contribution < -0.4 is 5.56 Å². The van der Waals surface area contributed by atoms with Gasteiger partial charge >= 0.3 is 0 Å². The normalized spacial score (nSPS) is 13.5. The van der Waals surface area contributed by atoms with E-state index in [1.807, 2.05) is 70.8 Å². The second-order valence-electron chi connectivity index (χ2n) is 7.37. The van der Waals surface area contributed by atoms with Crippen molar-refractivity contribution < 1.29 is 0 Å². The average molecular weight is 414 g/mol. The minimum Gasteiger partial charge on any atom is -0.284 e. The molecular formula is C23H19N5OS. The fourth-order valence-electron chi connectivity index (χ4n) is 3.65. The summed E-state index contributed by atoms with van der Waals surface area (Å²) in [5, 5.41) is 15.7. The largest absolute Gasteiger partial charge is 0.284 e. The smallest absolute Gasteiger partial charge is 0.262 e. The summed E-state index contributed by atoms with van der Waals surface area (Å²) in [6.45, 7) is 1.85. The van der Waals surface area contributed by atoms with Gasteiger partial charge in [-0.2, -0.15) is 10.4 Å². The summed E-state index contributed by atoms with van der Waals surface area (Å²) in [4.78, 5) is 17.9. The van der Waals surface area contributed by atoms with Gasteiger partial charge in [0.2, 0.25) is 0 Å². The van der Waals surface area contributed by atoms with E-state index in [1.54, 1.807) is 0 Å². The summed E-state index contributed by atoms with van der Waals surface area (Å²) in [6, 6.07) is 19.8. The number of rotatable bonds is 5. The molecule has 0 saturated heterocycles. The first-order valence-electron chi connectivity index (χ1n) is 9.85. The van der Waals surface area contributed by atoms with E-state index in [4.69, 9.17) is 4.98 Å². The minimum absolute atomic E-state index is 0.0128. The molecule has 2 heterocycles. The Morgan fingerprint density at radius 1 is 1.13 bits per heavy atom. The highest BCUT2D eigenvalue weighted by Gasteiger charge is 2.29. The minimum atomic E-state index is 0.0128. The SMILES string of the molecule is Cc1nn(-c2ccccc2)c(CSc2nc3ccccc3c(=O)n2C2CC2)c1C#N. The zero-order valence-electron chi connectivity index (χ0n) is 16.4. The van der Waals surface area contributed by atoms with Gasteiger partial charge < -0.3 is 0 Å². The van der Waals surface area contributed by atoms with Crippen LogP contribution in [0.3, 0.4) is 0 Å². The van der Waals surface area contributed by atoms with Crippen molar-refractivity contribution in [2.75, 3.05) is 0 Å².